The number of esters is 1. The molecule has 150 valence electrons. The predicted molar refractivity (Wildman–Crippen MR) is 102 cm³/mol. The Balaban J connectivity index is 2.79. The van der Waals surface area contributed by atoms with Gasteiger partial charge in [0.05, 0.1) is 19.6 Å². The fourth-order valence-corrected chi connectivity index (χ4v) is 4.93. The predicted octanol–water partition coefficient (Wildman–Crippen LogP) is 1.78. The molecule has 7 nitrogen and oxygen atoms in total. The van der Waals surface area contributed by atoms with Gasteiger partial charge >= 0.3 is 11.9 Å². The number of carbonyl (C=O) groups is 3. The van der Waals surface area contributed by atoms with E-state index in [1.165, 1.54) is 20.0 Å². The minimum absolute atomic E-state index is 0.00329. The van der Waals surface area contributed by atoms with Gasteiger partial charge in [-0.3, -0.25) is 9.59 Å². The van der Waals surface area contributed by atoms with Gasteiger partial charge in [0, 0.05) is 10.5 Å². The van der Waals surface area contributed by atoms with Crippen LogP contribution in [0.5, 0.6) is 0 Å². The lowest BCUT2D eigenvalue weighted by Crippen LogP contribution is -2.51. The summed E-state index contributed by atoms with van der Waals surface area (Å²) in [5.41, 5.74) is 5.59. The first-order valence-electron chi connectivity index (χ1n) is 9.11. The van der Waals surface area contributed by atoms with Crippen LogP contribution in [0.25, 0.3) is 0 Å². The first-order valence-corrected chi connectivity index (χ1v) is 10.1. The van der Waals surface area contributed by atoms with Crippen molar-refractivity contribution in [3.63, 3.8) is 0 Å². The van der Waals surface area contributed by atoms with Crippen LogP contribution >= 0.6 is 11.8 Å². The normalized spacial score (nSPS) is 28.5. The molecule has 1 amide bonds. The second-order valence-corrected chi connectivity index (χ2v) is 8.87. The van der Waals surface area contributed by atoms with Crippen molar-refractivity contribution < 1.29 is 24.2 Å². The van der Waals surface area contributed by atoms with Crippen LogP contribution in [0.15, 0.2) is 0 Å². The number of carboxylic acids is 1. The molecule has 0 aliphatic heterocycles. The zero-order valence-electron chi connectivity index (χ0n) is 16.1. The van der Waals surface area contributed by atoms with Crippen molar-refractivity contribution >= 4 is 29.6 Å². The summed E-state index contributed by atoms with van der Waals surface area (Å²) in [6.45, 7) is 6.71. The van der Waals surface area contributed by atoms with Crippen molar-refractivity contribution in [3.05, 3.63) is 0 Å². The number of hydrogen-bond donors (Lipinski definition) is 3. The molecular formula is C18H32N2O5S. The van der Waals surface area contributed by atoms with Gasteiger partial charge in [-0.1, -0.05) is 26.7 Å². The quantitative estimate of drug-likeness (QED) is 0.428. The third kappa shape index (κ3) is 6.16. The smallest absolute Gasteiger partial charge is 0.329 e. The number of methoxy groups -OCH3 is 1. The van der Waals surface area contributed by atoms with Crippen molar-refractivity contribution in [2.45, 2.75) is 69.7 Å². The molecule has 0 heterocycles. The van der Waals surface area contributed by atoms with E-state index in [1.807, 2.05) is 0 Å². The number of aliphatic carboxylic acids is 1. The highest BCUT2D eigenvalue weighted by Crippen LogP contribution is 2.46. The summed E-state index contributed by atoms with van der Waals surface area (Å²) in [5, 5.41) is 11.3. The van der Waals surface area contributed by atoms with E-state index in [4.69, 9.17) is 15.6 Å². The van der Waals surface area contributed by atoms with Crippen LogP contribution in [-0.4, -0.2) is 52.6 Å². The molecule has 0 spiro atoms. The van der Waals surface area contributed by atoms with Gasteiger partial charge in [-0.15, -0.1) is 0 Å². The number of rotatable bonds is 8. The zero-order valence-corrected chi connectivity index (χ0v) is 16.9. The van der Waals surface area contributed by atoms with Gasteiger partial charge in [0.15, 0.2) is 0 Å². The summed E-state index contributed by atoms with van der Waals surface area (Å²) < 4.78 is 4.80. The summed E-state index contributed by atoms with van der Waals surface area (Å²) in [7, 11) is 1.27. The SMILES string of the molecule is COC(=O)[C@H](CSC1(C)C(C)CCCCC1C)NC(=O)[C@@H](N)CC(=O)O. The van der Waals surface area contributed by atoms with E-state index in [0.29, 0.717) is 17.6 Å². The van der Waals surface area contributed by atoms with E-state index in [2.05, 4.69) is 26.1 Å². The molecule has 2 unspecified atom stereocenters. The number of ether oxygens (including phenoxy) is 1. The Morgan fingerprint density at radius 1 is 1.27 bits per heavy atom. The molecular weight excluding hydrogens is 356 g/mol. The first-order chi connectivity index (χ1) is 12.1. The third-order valence-corrected chi connectivity index (χ3v) is 7.50. The van der Waals surface area contributed by atoms with Gasteiger partial charge < -0.3 is 20.9 Å². The molecule has 0 aromatic rings. The van der Waals surface area contributed by atoms with Crippen LogP contribution < -0.4 is 11.1 Å². The third-order valence-electron chi connectivity index (χ3n) is 5.58. The zero-order chi connectivity index (χ0) is 19.9. The van der Waals surface area contributed by atoms with Crippen LogP contribution in [0, 0.1) is 11.8 Å². The topological polar surface area (TPSA) is 119 Å². The molecule has 8 heteroatoms. The maximum absolute atomic E-state index is 12.1. The molecule has 1 fully saturated rings. The fraction of sp³-hybridized carbons (Fsp3) is 0.833. The number of hydrogen-bond acceptors (Lipinski definition) is 6. The minimum atomic E-state index is -1.20. The number of amides is 1. The Kier molecular flexibility index (Phi) is 8.89. The van der Waals surface area contributed by atoms with Crippen molar-refractivity contribution in [1.29, 1.82) is 0 Å². The molecule has 0 aromatic carbocycles. The van der Waals surface area contributed by atoms with Crippen LogP contribution in [0.4, 0.5) is 0 Å². The summed E-state index contributed by atoms with van der Waals surface area (Å²) in [6, 6.07) is -2.05. The lowest BCUT2D eigenvalue weighted by atomic mass is 9.83. The molecule has 1 rings (SSSR count). The molecule has 0 radical (unpaired) electrons. The monoisotopic (exact) mass is 388 g/mol. The Labute approximate surface area is 159 Å². The van der Waals surface area contributed by atoms with Crippen molar-refractivity contribution in [1.82, 2.24) is 5.32 Å². The van der Waals surface area contributed by atoms with Gasteiger partial charge in [0.25, 0.3) is 0 Å². The summed E-state index contributed by atoms with van der Waals surface area (Å²) in [6.07, 6.45) is 4.23. The van der Waals surface area contributed by atoms with Gasteiger partial charge in [-0.2, -0.15) is 11.8 Å². The second kappa shape index (κ2) is 10.2. The van der Waals surface area contributed by atoms with Crippen LogP contribution in [-0.2, 0) is 19.1 Å². The molecule has 4 N–H and O–H groups in total. The molecule has 1 aliphatic carbocycles. The number of carbonyl (C=O) groups excluding carboxylic acids is 2. The second-order valence-electron chi connectivity index (χ2n) is 7.37. The van der Waals surface area contributed by atoms with E-state index in [0.717, 1.165) is 12.8 Å². The lowest BCUT2D eigenvalue weighted by molar-refractivity contribution is -0.144. The Morgan fingerprint density at radius 3 is 2.27 bits per heavy atom. The van der Waals surface area contributed by atoms with Gasteiger partial charge in [0.1, 0.15) is 6.04 Å². The maximum Gasteiger partial charge on any atom is 0.329 e. The van der Waals surface area contributed by atoms with Gasteiger partial charge in [-0.05, 0) is 31.6 Å². The summed E-state index contributed by atoms with van der Waals surface area (Å²) in [4.78, 5) is 34.9. The van der Waals surface area contributed by atoms with Crippen LogP contribution in [0.2, 0.25) is 0 Å². The molecule has 1 saturated carbocycles. The maximum atomic E-state index is 12.1. The van der Waals surface area contributed by atoms with Crippen LogP contribution in [0.3, 0.4) is 0 Å². The highest BCUT2D eigenvalue weighted by Gasteiger charge is 2.39. The van der Waals surface area contributed by atoms with Gasteiger partial charge in [-0.25, -0.2) is 4.79 Å². The average molecular weight is 389 g/mol. The molecule has 0 saturated heterocycles. The summed E-state index contributed by atoms with van der Waals surface area (Å²) in [5.74, 6) is -1.02. The highest BCUT2D eigenvalue weighted by atomic mass is 32.2. The molecule has 0 aromatic heterocycles. The van der Waals surface area contributed by atoms with E-state index in [1.54, 1.807) is 11.8 Å². The minimum Gasteiger partial charge on any atom is -0.481 e. The molecule has 4 atom stereocenters. The highest BCUT2D eigenvalue weighted by molar-refractivity contribution is 8.00. The largest absolute Gasteiger partial charge is 0.481 e. The first kappa shape index (κ1) is 22.8. The Hall–Kier alpha value is -1.28. The average Bonchev–Trinajstić information content (AvgIpc) is 2.70. The van der Waals surface area contributed by atoms with Crippen molar-refractivity contribution in [2.75, 3.05) is 12.9 Å². The van der Waals surface area contributed by atoms with Crippen molar-refractivity contribution in [3.8, 4) is 0 Å². The number of thioether (sulfide) groups is 1. The molecule has 26 heavy (non-hydrogen) atoms. The Bertz CT molecular complexity index is 502. The van der Waals surface area contributed by atoms with E-state index in [9.17, 15) is 14.4 Å². The standard InChI is InChI=1S/C18H32N2O5S/c1-11-7-5-6-8-12(2)18(11,3)26-10-14(17(24)25-4)20-16(23)13(19)9-15(21)22/h11-14H,5-10,19H2,1-4H3,(H,20,23)(H,21,22)/t11?,12?,13-,14-,18?/m0/s1. The van der Waals surface area contributed by atoms with E-state index >= 15 is 0 Å². The Morgan fingerprint density at radius 2 is 1.81 bits per heavy atom. The number of carboxylic acid groups (broad SMARTS) is 1. The van der Waals surface area contributed by atoms with E-state index < -0.39 is 36.4 Å². The molecule has 0 bridgehead atoms. The number of nitrogens with two attached hydrogens (primary N) is 1. The van der Waals surface area contributed by atoms with Crippen LogP contribution in [0.1, 0.15) is 52.9 Å². The fourth-order valence-electron chi connectivity index (χ4n) is 3.38. The van der Waals surface area contributed by atoms with Crippen molar-refractivity contribution in [2.24, 2.45) is 17.6 Å². The van der Waals surface area contributed by atoms with E-state index in [-0.39, 0.29) is 4.75 Å². The van der Waals surface area contributed by atoms with Gasteiger partial charge in [0.2, 0.25) is 5.91 Å². The summed E-state index contributed by atoms with van der Waals surface area (Å²) >= 11 is 1.68. The molecule has 1 aliphatic rings. The number of nitrogens with one attached hydrogen (secondary N) is 1. The lowest BCUT2D eigenvalue weighted by Gasteiger charge is -2.39.